The summed E-state index contributed by atoms with van der Waals surface area (Å²) < 4.78 is 34.4. The Morgan fingerprint density at radius 2 is 1.94 bits per heavy atom. The number of rotatable bonds is 7. The van der Waals surface area contributed by atoms with Gasteiger partial charge in [-0.25, -0.2) is 13.1 Å². The highest BCUT2D eigenvalue weighted by atomic mass is 32.2. The number of nitrogens with zero attached hydrogens (tertiary/aromatic N) is 6. The van der Waals surface area contributed by atoms with Crippen LogP contribution in [0.3, 0.4) is 0 Å². The number of benzene rings is 1. The van der Waals surface area contributed by atoms with Crippen LogP contribution in [-0.4, -0.2) is 84.0 Å². The molecule has 13 heteroatoms. The Morgan fingerprint density at radius 1 is 1.19 bits per heavy atom. The van der Waals surface area contributed by atoms with Crippen molar-refractivity contribution in [2.45, 2.75) is 22.9 Å². The molecule has 168 valence electrons. The van der Waals surface area contributed by atoms with Crippen molar-refractivity contribution in [3.63, 3.8) is 0 Å². The van der Waals surface area contributed by atoms with E-state index >= 15 is 0 Å². The minimum atomic E-state index is -3.67. The Bertz CT molecular complexity index is 1030. The summed E-state index contributed by atoms with van der Waals surface area (Å²) in [5, 5.41) is 14.6. The third-order valence-electron chi connectivity index (χ3n) is 5.21. The predicted octanol–water partition coefficient (Wildman–Crippen LogP) is 0.562. The molecule has 1 N–H and O–H groups in total. The smallest absolute Gasteiger partial charge is 0.243 e. The summed E-state index contributed by atoms with van der Waals surface area (Å²) >= 11 is 1.21. The van der Waals surface area contributed by atoms with Crippen LogP contribution < -0.4 is 10.2 Å². The summed E-state index contributed by atoms with van der Waals surface area (Å²) in [7, 11) is -1.97. The first-order chi connectivity index (χ1) is 14.9. The second-order valence-corrected chi connectivity index (χ2v) is 10.2. The zero-order valence-corrected chi connectivity index (χ0v) is 18.9. The molecule has 0 unspecified atom stereocenters. The van der Waals surface area contributed by atoms with Crippen molar-refractivity contribution in [3.8, 4) is 0 Å². The third-order valence-corrected chi connectivity index (χ3v) is 8.12. The van der Waals surface area contributed by atoms with Crippen molar-refractivity contribution < 1.29 is 17.9 Å². The second-order valence-electron chi connectivity index (χ2n) is 7.31. The zero-order chi connectivity index (χ0) is 21.8. The Balaban J connectivity index is 1.56. The summed E-state index contributed by atoms with van der Waals surface area (Å²) in [6.07, 6.45) is 2.13. The number of nitrogens with one attached hydrogen (secondary N) is 1. The van der Waals surface area contributed by atoms with Gasteiger partial charge in [0.25, 0.3) is 0 Å². The summed E-state index contributed by atoms with van der Waals surface area (Å²) in [5.74, 6) is -0.150. The summed E-state index contributed by atoms with van der Waals surface area (Å²) in [5.41, 5.74) is 1.33. The molecule has 3 heterocycles. The van der Waals surface area contributed by atoms with Crippen molar-refractivity contribution in [2.24, 2.45) is 7.05 Å². The average Bonchev–Trinajstić information content (AvgIpc) is 3.45. The van der Waals surface area contributed by atoms with Gasteiger partial charge in [-0.3, -0.25) is 4.79 Å². The Kier molecular flexibility index (Phi) is 6.74. The average molecular weight is 468 g/mol. The quantitative estimate of drug-likeness (QED) is 0.582. The second kappa shape index (κ2) is 9.51. The van der Waals surface area contributed by atoms with Gasteiger partial charge in [-0.2, -0.15) is 4.31 Å². The minimum Gasteiger partial charge on any atom is -0.379 e. The number of aryl methyl sites for hydroxylation is 1. The Labute approximate surface area is 185 Å². The van der Waals surface area contributed by atoms with Crippen LogP contribution in [0.25, 0.3) is 0 Å². The number of carbonyl (C=O) groups excluding carboxylic acids is 1. The first-order valence-electron chi connectivity index (χ1n) is 10.1. The predicted molar refractivity (Wildman–Crippen MR) is 116 cm³/mol. The molecule has 4 rings (SSSR count). The van der Waals surface area contributed by atoms with E-state index in [4.69, 9.17) is 4.74 Å². The highest BCUT2D eigenvalue weighted by molar-refractivity contribution is 7.99. The van der Waals surface area contributed by atoms with Crippen molar-refractivity contribution in [1.82, 2.24) is 24.5 Å². The van der Waals surface area contributed by atoms with E-state index in [1.807, 2.05) is 0 Å². The number of aromatic nitrogens is 4. The van der Waals surface area contributed by atoms with Gasteiger partial charge < -0.3 is 15.0 Å². The van der Waals surface area contributed by atoms with Gasteiger partial charge in [-0.15, -0.1) is 5.10 Å². The third kappa shape index (κ3) is 5.00. The molecule has 1 aromatic carbocycles. The Morgan fingerprint density at radius 3 is 2.61 bits per heavy atom. The van der Waals surface area contributed by atoms with Gasteiger partial charge in [0.1, 0.15) is 0 Å². The molecule has 2 aliphatic rings. The van der Waals surface area contributed by atoms with Gasteiger partial charge >= 0.3 is 0 Å². The van der Waals surface area contributed by atoms with Gasteiger partial charge in [0.2, 0.25) is 21.1 Å². The highest BCUT2D eigenvalue weighted by Crippen LogP contribution is 2.32. The van der Waals surface area contributed by atoms with Crippen LogP contribution in [0.4, 0.5) is 11.4 Å². The summed E-state index contributed by atoms with van der Waals surface area (Å²) in [6, 6.07) is 4.97. The molecule has 0 atom stereocenters. The molecule has 0 aliphatic carbocycles. The van der Waals surface area contributed by atoms with Crippen LogP contribution in [0.5, 0.6) is 0 Å². The van der Waals surface area contributed by atoms with Crippen LogP contribution in [0, 0.1) is 0 Å². The van der Waals surface area contributed by atoms with Crippen LogP contribution >= 0.6 is 11.8 Å². The van der Waals surface area contributed by atoms with E-state index in [1.54, 1.807) is 25.2 Å². The van der Waals surface area contributed by atoms with Gasteiger partial charge in [-0.05, 0) is 41.5 Å². The lowest BCUT2D eigenvalue weighted by atomic mass is 10.2. The van der Waals surface area contributed by atoms with Gasteiger partial charge in [-0.1, -0.05) is 11.8 Å². The highest BCUT2D eigenvalue weighted by Gasteiger charge is 2.28. The summed E-state index contributed by atoms with van der Waals surface area (Å²) in [6.45, 7) is 3.14. The topological polar surface area (TPSA) is 123 Å². The molecule has 0 spiro atoms. The number of anilines is 2. The molecule has 2 fully saturated rings. The van der Waals surface area contributed by atoms with E-state index in [1.165, 1.54) is 20.7 Å². The molecular formula is C18H25N7O4S2. The zero-order valence-electron chi connectivity index (χ0n) is 17.2. The molecule has 2 saturated heterocycles. The van der Waals surface area contributed by atoms with E-state index in [-0.39, 0.29) is 16.6 Å². The maximum atomic E-state index is 13.1. The van der Waals surface area contributed by atoms with Crippen LogP contribution in [-0.2, 0) is 26.6 Å². The number of thioether (sulfide) groups is 1. The first kappa shape index (κ1) is 22.0. The molecule has 0 bridgehead atoms. The van der Waals surface area contributed by atoms with E-state index in [9.17, 15) is 13.2 Å². The minimum absolute atomic E-state index is 0.105. The fourth-order valence-electron chi connectivity index (χ4n) is 3.61. The lowest BCUT2D eigenvalue weighted by Gasteiger charge is -2.27. The van der Waals surface area contributed by atoms with E-state index < -0.39 is 10.0 Å². The number of sulfonamides is 1. The van der Waals surface area contributed by atoms with Crippen molar-refractivity contribution in [1.29, 1.82) is 0 Å². The van der Waals surface area contributed by atoms with Crippen LogP contribution in [0.2, 0.25) is 0 Å². The number of ether oxygens (including phenoxy) is 1. The maximum Gasteiger partial charge on any atom is 0.243 e. The summed E-state index contributed by atoms with van der Waals surface area (Å²) in [4.78, 5) is 15.0. The molecule has 1 aromatic heterocycles. The molecule has 2 aromatic rings. The van der Waals surface area contributed by atoms with Crippen molar-refractivity contribution in [3.05, 3.63) is 18.2 Å². The van der Waals surface area contributed by atoms with E-state index in [0.29, 0.717) is 37.1 Å². The molecule has 2 aliphatic heterocycles. The molecule has 31 heavy (non-hydrogen) atoms. The van der Waals surface area contributed by atoms with Gasteiger partial charge in [0.15, 0.2) is 0 Å². The lowest BCUT2D eigenvalue weighted by molar-refractivity contribution is -0.113. The van der Waals surface area contributed by atoms with Crippen molar-refractivity contribution in [2.75, 3.05) is 55.4 Å². The SMILES string of the molecule is Cn1nnnc1SCC(=O)Nc1cc(S(=O)(=O)N2CCOCC2)ccc1N1CCCC1. The normalized spacial score (nSPS) is 17.8. The standard InChI is InChI=1S/C18H25N7O4S2/c1-23-18(20-21-22-23)30-13-17(26)19-15-12-14(4-5-16(15)24-6-2-3-7-24)31(27,28)25-8-10-29-11-9-25/h4-5,12H,2-3,6-11,13H2,1H3,(H,19,26). The number of hydrogen-bond acceptors (Lipinski definition) is 9. The number of tetrazole rings is 1. The van der Waals surface area contributed by atoms with Crippen LogP contribution in [0.1, 0.15) is 12.8 Å². The van der Waals surface area contributed by atoms with E-state index in [0.717, 1.165) is 31.6 Å². The molecule has 11 nitrogen and oxygen atoms in total. The van der Waals surface area contributed by atoms with E-state index in [2.05, 4.69) is 25.7 Å². The van der Waals surface area contributed by atoms with Crippen LogP contribution in [0.15, 0.2) is 28.3 Å². The van der Waals surface area contributed by atoms with Gasteiger partial charge in [0.05, 0.1) is 35.2 Å². The molecule has 0 saturated carbocycles. The number of carbonyl (C=O) groups is 1. The fourth-order valence-corrected chi connectivity index (χ4v) is 5.69. The number of hydrogen-bond donors (Lipinski definition) is 1. The monoisotopic (exact) mass is 467 g/mol. The molecule has 1 amide bonds. The largest absolute Gasteiger partial charge is 0.379 e. The number of amides is 1. The molecular weight excluding hydrogens is 442 g/mol. The Hall–Kier alpha value is -2.22. The maximum absolute atomic E-state index is 13.1. The molecule has 0 radical (unpaired) electrons. The van der Waals surface area contributed by atoms with Crippen molar-refractivity contribution >= 4 is 39.1 Å². The number of morpholine rings is 1. The first-order valence-corrected chi connectivity index (χ1v) is 12.5. The lowest BCUT2D eigenvalue weighted by Crippen LogP contribution is -2.40. The fraction of sp³-hybridized carbons (Fsp3) is 0.556. The van der Waals surface area contributed by atoms with Gasteiger partial charge in [0, 0.05) is 33.2 Å².